The maximum absolute atomic E-state index is 13.2. The Morgan fingerprint density at radius 3 is 2.62 bits per heavy atom. The molecule has 6 nitrogen and oxygen atoms in total. The highest BCUT2D eigenvalue weighted by Crippen LogP contribution is 2.13. The molecule has 0 aliphatic rings. The van der Waals surface area contributed by atoms with Gasteiger partial charge in [-0.05, 0) is 39.8 Å². The van der Waals surface area contributed by atoms with Crippen molar-refractivity contribution in [2.75, 3.05) is 19.6 Å². The number of rotatable bonds is 9. The monoisotopic (exact) mass is 481 g/mol. The van der Waals surface area contributed by atoms with E-state index in [2.05, 4.69) is 15.6 Å². The topological polar surface area (TPSA) is 72.0 Å². The molecular weight excluding hydrogens is 452 g/mol. The van der Waals surface area contributed by atoms with Gasteiger partial charge in [0.25, 0.3) is 0 Å². The first-order chi connectivity index (χ1) is 11.9. The van der Waals surface area contributed by atoms with Gasteiger partial charge in [-0.3, -0.25) is 4.79 Å². The number of guanidine groups is 1. The van der Waals surface area contributed by atoms with E-state index < -0.39 is 0 Å². The van der Waals surface area contributed by atoms with Gasteiger partial charge in [-0.2, -0.15) is 0 Å². The van der Waals surface area contributed by atoms with Gasteiger partial charge < -0.3 is 20.1 Å². The lowest BCUT2D eigenvalue weighted by Gasteiger charge is -2.15. The number of aliphatic imine (C=N–C) groups is 1. The number of ether oxygens (including phenoxy) is 2. The van der Waals surface area contributed by atoms with E-state index >= 15 is 0 Å². The molecule has 1 rings (SSSR count). The summed E-state index contributed by atoms with van der Waals surface area (Å²) in [4.78, 5) is 15.9. The van der Waals surface area contributed by atoms with Crippen molar-refractivity contribution in [3.63, 3.8) is 0 Å². The highest BCUT2D eigenvalue weighted by molar-refractivity contribution is 14.0. The summed E-state index contributed by atoms with van der Waals surface area (Å²) in [7, 11) is 0. The van der Waals surface area contributed by atoms with Gasteiger partial charge in [0, 0.05) is 19.2 Å². The molecule has 1 aromatic carbocycles. The average molecular weight is 481 g/mol. The fraction of sp³-hybridized carbons (Fsp3) is 0.556. The van der Waals surface area contributed by atoms with Crippen LogP contribution in [0.5, 0.6) is 5.75 Å². The normalized spacial score (nSPS) is 12.2. The van der Waals surface area contributed by atoms with E-state index in [1.54, 1.807) is 12.1 Å². The van der Waals surface area contributed by atoms with Crippen LogP contribution in [0, 0.1) is 5.82 Å². The first-order valence-electron chi connectivity index (χ1n) is 8.54. The molecule has 148 valence electrons. The molecule has 1 unspecified atom stereocenters. The number of nitrogens with zero attached hydrogens (tertiary/aromatic N) is 1. The van der Waals surface area contributed by atoms with Crippen LogP contribution in [0.15, 0.2) is 29.3 Å². The molecule has 0 bridgehead atoms. The second-order valence-corrected chi connectivity index (χ2v) is 5.82. The predicted molar refractivity (Wildman–Crippen MR) is 112 cm³/mol. The van der Waals surface area contributed by atoms with E-state index in [1.165, 1.54) is 12.1 Å². The third-order valence-electron chi connectivity index (χ3n) is 2.97. The second-order valence-electron chi connectivity index (χ2n) is 5.82. The summed E-state index contributed by atoms with van der Waals surface area (Å²) < 4.78 is 23.9. The summed E-state index contributed by atoms with van der Waals surface area (Å²) in [6.07, 6.45) is -0.0730. The maximum Gasteiger partial charge on any atom is 0.307 e. The van der Waals surface area contributed by atoms with E-state index in [0.717, 1.165) is 0 Å². The zero-order valence-corrected chi connectivity index (χ0v) is 18.1. The van der Waals surface area contributed by atoms with Gasteiger partial charge in [-0.1, -0.05) is 6.07 Å². The molecule has 8 heteroatoms. The van der Waals surface area contributed by atoms with Gasteiger partial charge in [-0.25, -0.2) is 9.38 Å². The van der Waals surface area contributed by atoms with E-state index in [0.29, 0.717) is 31.3 Å². The second kappa shape index (κ2) is 13.6. The van der Waals surface area contributed by atoms with E-state index in [9.17, 15) is 9.18 Å². The van der Waals surface area contributed by atoms with E-state index in [4.69, 9.17) is 9.47 Å². The van der Waals surface area contributed by atoms with Crippen molar-refractivity contribution in [1.82, 2.24) is 10.6 Å². The van der Waals surface area contributed by atoms with Gasteiger partial charge in [-0.15, -0.1) is 24.0 Å². The highest BCUT2D eigenvalue weighted by Gasteiger charge is 2.07. The number of carbonyl (C=O) groups excluding carboxylic acids is 1. The molecule has 1 atom stereocenters. The lowest BCUT2D eigenvalue weighted by atomic mass is 10.3. The van der Waals surface area contributed by atoms with Crippen LogP contribution in [0.25, 0.3) is 0 Å². The molecule has 0 spiro atoms. The molecule has 0 heterocycles. The quantitative estimate of drug-likeness (QED) is 0.246. The third kappa shape index (κ3) is 11.1. The molecule has 0 radical (unpaired) electrons. The molecule has 26 heavy (non-hydrogen) atoms. The molecule has 0 saturated heterocycles. The third-order valence-corrected chi connectivity index (χ3v) is 2.97. The van der Waals surface area contributed by atoms with Gasteiger partial charge in [0.05, 0.1) is 19.1 Å². The number of hydrogen-bond donors (Lipinski definition) is 2. The molecule has 0 saturated carbocycles. The largest absolute Gasteiger partial charge is 0.489 e. The Balaban J connectivity index is 0.00000625. The first kappa shape index (κ1) is 24.4. The number of hydrogen-bond acceptors (Lipinski definition) is 4. The minimum Gasteiger partial charge on any atom is -0.489 e. The number of nitrogens with one attached hydrogen (secondary N) is 2. The summed E-state index contributed by atoms with van der Waals surface area (Å²) in [5.74, 6) is 0.476. The zero-order chi connectivity index (χ0) is 18.7. The zero-order valence-electron chi connectivity index (χ0n) is 15.8. The Hall–Kier alpha value is -1.58. The van der Waals surface area contributed by atoms with Crippen molar-refractivity contribution in [3.05, 3.63) is 30.1 Å². The van der Waals surface area contributed by atoms with Crippen molar-refractivity contribution in [2.45, 2.75) is 46.3 Å². The van der Waals surface area contributed by atoms with Crippen molar-refractivity contribution in [2.24, 2.45) is 4.99 Å². The summed E-state index contributed by atoms with van der Waals surface area (Å²) in [6.45, 7) is 8.96. The van der Waals surface area contributed by atoms with Crippen LogP contribution in [0.3, 0.4) is 0 Å². The molecule has 0 amide bonds. The minimum atomic E-state index is -0.337. The number of benzene rings is 1. The van der Waals surface area contributed by atoms with Crippen LogP contribution in [-0.4, -0.2) is 43.8 Å². The van der Waals surface area contributed by atoms with Crippen LogP contribution >= 0.6 is 24.0 Å². The van der Waals surface area contributed by atoms with Crippen molar-refractivity contribution < 1.29 is 18.7 Å². The number of carbonyl (C=O) groups is 1. The maximum atomic E-state index is 13.2. The molecule has 0 aromatic heterocycles. The summed E-state index contributed by atoms with van der Waals surface area (Å²) in [6, 6.07) is 6.01. The van der Waals surface area contributed by atoms with Gasteiger partial charge >= 0.3 is 5.97 Å². The standard InChI is InChI=1S/C18H28FN3O3.HI/c1-5-20-18(21-10-9-17(23)24-13(2)3)22-12-14(4)25-16-8-6-7-15(19)11-16;/h6-8,11,13-14H,5,9-10,12H2,1-4H3,(H2,20,21,22);1H. The lowest BCUT2D eigenvalue weighted by molar-refractivity contribution is -0.147. The Morgan fingerprint density at radius 1 is 1.27 bits per heavy atom. The minimum absolute atomic E-state index is 0. The summed E-state index contributed by atoms with van der Waals surface area (Å²) in [5.41, 5.74) is 0. The van der Waals surface area contributed by atoms with Crippen LogP contribution in [-0.2, 0) is 9.53 Å². The predicted octanol–water partition coefficient (Wildman–Crippen LogP) is 3.11. The Bertz CT molecular complexity index is 570. The van der Waals surface area contributed by atoms with Crippen molar-refractivity contribution >= 4 is 35.9 Å². The van der Waals surface area contributed by atoms with Crippen molar-refractivity contribution in [1.29, 1.82) is 0 Å². The first-order valence-corrected chi connectivity index (χ1v) is 8.54. The molecule has 0 aliphatic carbocycles. The summed E-state index contributed by atoms with van der Waals surface area (Å²) in [5, 5.41) is 6.17. The fourth-order valence-electron chi connectivity index (χ4n) is 1.98. The molecule has 0 aliphatic heterocycles. The van der Waals surface area contributed by atoms with Gasteiger partial charge in [0.1, 0.15) is 17.7 Å². The van der Waals surface area contributed by atoms with Gasteiger partial charge in [0.2, 0.25) is 0 Å². The van der Waals surface area contributed by atoms with Crippen LogP contribution in [0.2, 0.25) is 0 Å². The molecule has 2 N–H and O–H groups in total. The fourth-order valence-corrected chi connectivity index (χ4v) is 1.98. The van der Waals surface area contributed by atoms with E-state index in [-0.39, 0.29) is 54.4 Å². The molecule has 0 fully saturated rings. The Labute approximate surface area is 172 Å². The highest BCUT2D eigenvalue weighted by atomic mass is 127. The smallest absolute Gasteiger partial charge is 0.307 e. The Kier molecular flexibility index (Phi) is 12.8. The van der Waals surface area contributed by atoms with Crippen LogP contribution in [0.4, 0.5) is 4.39 Å². The van der Waals surface area contributed by atoms with Crippen LogP contribution in [0.1, 0.15) is 34.1 Å². The van der Waals surface area contributed by atoms with Crippen LogP contribution < -0.4 is 15.4 Å². The lowest BCUT2D eigenvalue weighted by Crippen LogP contribution is -2.39. The van der Waals surface area contributed by atoms with Gasteiger partial charge in [0.15, 0.2) is 5.96 Å². The van der Waals surface area contributed by atoms with E-state index in [1.807, 2.05) is 27.7 Å². The average Bonchev–Trinajstić information content (AvgIpc) is 2.52. The number of halogens is 2. The SMILES string of the molecule is CCNC(=NCC(C)Oc1cccc(F)c1)NCCC(=O)OC(C)C.I. The van der Waals surface area contributed by atoms with Crippen molar-refractivity contribution in [3.8, 4) is 5.75 Å². The molecule has 1 aromatic rings. The number of esters is 1. The molecular formula is C18H29FIN3O3. The summed E-state index contributed by atoms with van der Waals surface area (Å²) >= 11 is 0. The Morgan fingerprint density at radius 2 is 2.00 bits per heavy atom.